The zero-order chi connectivity index (χ0) is 16.8. The fourth-order valence-corrected chi connectivity index (χ4v) is 2.71. The Bertz CT molecular complexity index is 819. The van der Waals surface area contributed by atoms with Crippen molar-refractivity contribution in [2.24, 2.45) is 5.73 Å². The maximum atomic E-state index is 9.81. The molecule has 0 unspecified atom stereocenters. The first kappa shape index (κ1) is 16.2. The summed E-state index contributed by atoms with van der Waals surface area (Å²) in [6, 6.07) is 15.4. The van der Waals surface area contributed by atoms with Crippen molar-refractivity contribution in [3.8, 4) is 5.75 Å². The third kappa shape index (κ3) is 3.81. The van der Waals surface area contributed by atoms with Crippen LogP contribution in [0, 0.1) is 0 Å². The average molecular weight is 322 g/mol. The average Bonchev–Trinajstić information content (AvgIpc) is 2.60. The first-order valence-corrected chi connectivity index (χ1v) is 8.24. The van der Waals surface area contributed by atoms with E-state index in [4.69, 9.17) is 5.73 Å². The van der Waals surface area contributed by atoms with E-state index in [2.05, 4.69) is 15.3 Å². The van der Waals surface area contributed by atoms with Gasteiger partial charge in [-0.2, -0.15) is 0 Å². The van der Waals surface area contributed by atoms with Crippen LogP contribution >= 0.6 is 0 Å². The smallest absolute Gasteiger partial charge is 0.137 e. The van der Waals surface area contributed by atoms with E-state index >= 15 is 0 Å². The summed E-state index contributed by atoms with van der Waals surface area (Å²) in [6.07, 6.45) is 2.39. The van der Waals surface area contributed by atoms with E-state index in [1.807, 2.05) is 42.5 Å². The van der Waals surface area contributed by atoms with Crippen molar-refractivity contribution in [1.29, 1.82) is 0 Å². The van der Waals surface area contributed by atoms with Crippen molar-refractivity contribution >= 4 is 16.7 Å². The molecule has 3 aromatic rings. The lowest BCUT2D eigenvalue weighted by atomic mass is 10.1. The predicted octanol–water partition coefficient (Wildman–Crippen LogP) is 2.88. The number of anilines is 1. The summed E-state index contributed by atoms with van der Waals surface area (Å²) in [6.45, 7) is 1.31. The van der Waals surface area contributed by atoms with Gasteiger partial charge >= 0.3 is 0 Å². The molecule has 24 heavy (non-hydrogen) atoms. The number of fused-ring (bicyclic) bond motifs is 1. The molecule has 0 amide bonds. The Hall–Kier alpha value is -2.66. The number of nitrogens with one attached hydrogen (secondary N) is 1. The Morgan fingerprint density at radius 1 is 0.958 bits per heavy atom. The Labute approximate surface area is 141 Å². The molecule has 0 fully saturated rings. The number of nitrogens with zero attached hydrogens (tertiary/aromatic N) is 2. The van der Waals surface area contributed by atoms with Gasteiger partial charge in [0.2, 0.25) is 0 Å². The lowest BCUT2D eigenvalue weighted by Crippen LogP contribution is -2.10. The summed E-state index contributed by atoms with van der Waals surface area (Å²) in [5, 5.41) is 14.2. The molecule has 124 valence electrons. The molecule has 0 radical (unpaired) electrons. The van der Waals surface area contributed by atoms with E-state index in [1.54, 1.807) is 6.07 Å². The number of benzene rings is 2. The molecule has 1 aromatic heterocycles. The molecule has 0 spiro atoms. The zero-order valence-corrected chi connectivity index (χ0v) is 13.6. The minimum absolute atomic E-state index is 0.357. The summed E-state index contributed by atoms with van der Waals surface area (Å²) < 4.78 is 0. The predicted molar refractivity (Wildman–Crippen MR) is 97.2 cm³/mol. The number of para-hydroxylation sites is 2. The van der Waals surface area contributed by atoms with Crippen LogP contribution in [-0.2, 0) is 12.8 Å². The number of aryl methyl sites for hydroxylation is 1. The van der Waals surface area contributed by atoms with Gasteiger partial charge in [0.15, 0.2) is 0 Å². The molecule has 2 aromatic carbocycles. The van der Waals surface area contributed by atoms with Gasteiger partial charge in [-0.25, -0.2) is 9.97 Å². The van der Waals surface area contributed by atoms with Crippen molar-refractivity contribution < 1.29 is 5.11 Å². The number of aromatic hydroxyl groups is 1. The van der Waals surface area contributed by atoms with Crippen molar-refractivity contribution in [3.63, 3.8) is 0 Å². The number of phenols is 1. The third-order valence-corrected chi connectivity index (χ3v) is 3.92. The van der Waals surface area contributed by atoms with Gasteiger partial charge < -0.3 is 16.2 Å². The maximum absolute atomic E-state index is 9.81. The summed E-state index contributed by atoms with van der Waals surface area (Å²) in [5.74, 6) is 1.97. The molecule has 4 N–H and O–H groups in total. The quantitative estimate of drug-likeness (QED) is 0.583. The number of hydrogen-bond acceptors (Lipinski definition) is 5. The van der Waals surface area contributed by atoms with Crippen LogP contribution in [0.5, 0.6) is 5.75 Å². The van der Waals surface area contributed by atoms with E-state index < -0.39 is 0 Å². The second-order valence-electron chi connectivity index (χ2n) is 5.70. The number of nitrogens with two attached hydrogens (primary N) is 1. The first-order valence-electron chi connectivity index (χ1n) is 8.24. The van der Waals surface area contributed by atoms with Gasteiger partial charge in [-0.15, -0.1) is 0 Å². The largest absolute Gasteiger partial charge is 0.508 e. The molecule has 0 aliphatic carbocycles. The lowest BCUT2D eigenvalue weighted by molar-refractivity contribution is 0.467. The Morgan fingerprint density at radius 2 is 1.75 bits per heavy atom. The van der Waals surface area contributed by atoms with E-state index in [9.17, 15) is 5.11 Å². The fraction of sp³-hybridized carbons (Fsp3) is 0.263. The van der Waals surface area contributed by atoms with Crippen molar-refractivity contribution in [2.75, 3.05) is 18.4 Å². The van der Waals surface area contributed by atoms with E-state index in [0.29, 0.717) is 18.7 Å². The van der Waals surface area contributed by atoms with Gasteiger partial charge in [0, 0.05) is 18.4 Å². The Kier molecular flexibility index (Phi) is 5.23. The molecule has 0 aliphatic heterocycles. The van der Waals surface area contributed by atoms with Gasteiger partial charge in [0.05, 0.1) is 5.52 Å². The van der Waals surface area contributed by atoms with Crippen LogP contribution in [-0.4, -0.2) is 28.2 Å². The highest BCUT2D eigenvalue weighted by Crippen LogP contribution is 2.21. The maximum Gasteiger partial charge on any atom is 0.137 e. The van der Waals surface area contributed by atoms with E-state index in [-0.39, 0.29) is 0 Å². The minimum Gasteiger partial charge on any atom is -0.508 e. The number of aromatic nitrogens is 2. The highest BCUT2D eigenvalue weighted by Gasteiger charge is 2.07. The molecule has 5 heteroatoms. The second-order valence-corrected chi connectivity index (χ2v) is 5.70. The lowest BCUT2D eigenvalue weighted by Gasteiger charge is -2.11. The van der Waals surface area contributed by atoms with Crippen LogP contribution in [0.25, 0.3) is 10.9 Å². The molecule has 3 rings (SSSR count). The topological polar surface area (TPSA) is 84.1 Å². The van der Waals surface area contributed by atoms with Gasteiger partial charge in [-0.1, -0.05) is 30.3 Å². The van der Waals surface area contributed by atoms with E-state index in [0.717, 1.165) is 47.5 Å². The van der Waals surface area contributed by atoms with E-state index in [1.165, 1.54) is 0 Å². The molecule has 0 saturated heterocycles. The molecule has 5 nitrogen and oxygen atoms in total. The van der Waals surface area contributed by atoms with Crippen LogP contribution in [0.2, 0.25) is 0 Å². The van der Waals surface area contributed by atoms with Crippen LogP contribution in [0.3, 0.4) is 0 Å². The van der Waals surface area contributed by atoms with Crippen LogP contribution in [0.4, 0.5) is 5.82 Å². The van der Waals surface area contributed by atoms with Crippen LogP contribution < -0.4 is 11.1 Å². The Balaban J connectivity index is 1.69. The third-order valence-electron chi connectivity index (χ3n) is 3.92. The molecule has 0 atom stereocenters. The number of phenolic OH excluding ortho intramolecular Hbond substituents is 1. The molecule has 0 bridgehead atoms. The molecule has 1 heterocycles. The summed E-state index contributed by atoms with van der Waals surface area (Å²) in [4.78, 5) is 9.15. The van der Waals surface area contributed by atoms with Crippen LogP contribution in [0.1, 0.15) is 17.8 Å². The molecule has 0 aliphatic rings. The molecule has 0 saturated carbocycles. The van der Waals surface area contributed by atoms with Gasteiger partial charge in [-0.05, 0) is 43.1 Å². The van der Waals surface area contributed by atoms with Gasteiger partial charge in [-0.3, -0.25) is 0 Å². The van der Waals surface area contributed by atoms with Crippen molar-refractivity contribution in [3.05, 3.63) is 59.9 Å². The van der Waals surface area contributed by atoms with Gasteiger partial charge in [0.1, 0.15) is 17.4 Å². The summed E-state index contributed by atoms with van der Waals surface area (Å²) in [7, 11) is 0. The number of rotatable bonds is 7. The first-order chi connectivity index (χ1) is 11.8. The summed E-state index contributed by atoms with van der Waals surface area (Å²) in [5.41, 5.74) is 7.53. The fourth-order valence-electron chi connectivity index (χ4n) is 2.71. The van der Waals surface area contributed by atoms with Crippen molar-refractivity contribution in [1.82, 2.24) is 9.97 Å². The molecular weight excluding hydrogens is 300 g/mol. The SMILES string of the molecule is NCCc1nc(NCCCc2ccccc2O)c2ccccc2n1. The monoisotopic (exact) mass is 322 g/mol. The van der Waals surface area contributed by atoms with Gasteiger partial charge in [0.25, 0.3) is 0 Å². The minimum atomic E-state index is 0.357. The van der Waals surface area contributed by atoms with Crippen LogP contribution in [0.15, 0.2) is 48.5 Å². The highest BCUT2D eigenvalue weighted by molar-refractivity contribution is 5.88. The normalized spacial score (nSPS) is 10.9. The Morgan fingerprint density at radius 3 is 2.58 bits per heavy atom. The number of hydrogen-bond donors (Lipinski definition) is 3. The highest BCUT2D eigenvalue weighted by atomic mass is 16.3. The zero-order valence-electron chi connectivity index (χ0n) is 13.6. The molecular formula is C19H22N4O. The van der Waals surface area contributed by atoms with Crippen molar-refractivity contribution in [2.45, 2.75) is 19.3 Å². The standard InChI is InChI=1S/C19H22N4O/c20-12-11-18-22-16-9-3-2-8-15(16)19(23-18)21-13-5-7-14-6-1-4-10-17(14)24/h1-4,6,8-10,24H,5,7,11-13,20H2,(H,21,22,23). The second kappa shape index (κ2) is 7.75. The summed E-state index contributed by atoms with van der Waals surface area (Å²) >= 11 is 0.